The first-order valence-corrected chi connectivity index (χ1v) is 11.9. The third-order valence-corrected chi connectivity index (χ3v) is 5.77. The van der Waals surface area contributed by atoms with Gasteiger partial charge in [0.2, 0.25) is 0 Å². The number of rotatable bonds is 7. The van der Waals surface area contributed by atoms with Crippen LogP contribution in [0.2, 0.25) is 5.02 Å². The van der Waals surface area contributed by atoms with E-state index in [1.165, 1.54) is 18.2 Å². The predicted octanol–water partition coefficient (Wildman–Crippen LogP) is 5.59. The van der Waals surface area contributed by atoms with Gasteiger partial charge in [-0.05, 0) is 68.4 Å². The molecule has 8 nitrogen and oxygen atoms in total. The van der Waals surface area contributed by atoms with Crippen LogP contribution in [0.3, 0.4) is 0 Å². The maximum absolute atomic E-state index is 13.0. The van der Waals surface area contributed by atoms with Crippen LogP contribution in [0.25, 0.3) is 0 Å². The van der Waals surface area contributed by atoms with E-state index in [1.807, 2.05) is 0 Å². The number of ether oxygens (including phenoxy) is 1. The summed E-state index contributed by atoms with van der Waals surface area (Å²) >= 11 is 12.2. The maximum Gasteiger partial charge on any atom is 0.338 e. The highest BCUT2D eigenvalue weighted by Crippen LogP contribution is 2.31. The molecule has 0 saturated heterocycles. The largest absolute Gasteiger partial charge is 0.459 e. The molecule has 0 fully saturated rings. The Bertz CT molecular complexity index is 1450. The number of benzene rings is 3. The third kappa shape index (κ3) is 5.82. The summed E-state index contributed by atoms with van der Waals surface area (Å²) in [4.78, 5) is 51.6. The summed E-state index contributed by atoms with van der Waals surface area (Å²) in [7, 11) is 0. The molecule has 3 aromatic carbocycles. The zero-order valence-electron chi connectivity index (χ0n) is 19.7. The van der Waals surface area contributed by atoms with E-state index in [9.17, 15) is 19.2 Å². The molecule has 0 radical (unpaired) electrons. The van der Waals surface area contributed by atoms with Crippen molar-refractivity contribution < 1.29 is 23.9 Å². The summed E-state index contributed by atoms with van der Waals surface area (Å²) in [5, 5.41) is 5.65. The highest BCUT2D eigenvalue weighted by Gasteiger charge is 2.39. The third-order valence-electron chi connectivity index (χ3n) is 5.19. The van der Waals surface area contributed by atoms with Crippen LogP contribution in [-0.2, 0) is 14.3 Å². The molecule has 188 valence electrons. The van der Waals surface area contributed by atoms with Crippen molar-refractivity contribution in [2.45, 2.75) is 20.0 Å². The Hall–Kier alpha value is -4.14. The smallest absolute Gasteiger partial charge is 0.338 e. The molecule has 3 amide bonds. The predicted molar refractivity (Wildman–Crippen MR) is 142 cm³/mol. The van der Waals surface area contributed by atoms with Crippen LogP contribution in [0.5, 0.6) is 0 Å². The molecule has 4 rings (SSSR count). The molecule has 3 aromatic rings. The van der Waals surface area contributed by atoms with Gasteiger partial charge in [0.15, 0.2) is 0 Å². The van der Waals surface area contributed by atoms with Crippen LogP contribution in [0.15, 0.2) is 83.5 Å². The van der Waals surface area contributed by atoms with Gasteiger partial charge in [0.25, 0.3) is 17.7 Å². The van der Waals surface area contributed by atoms with Crippen molar-refractivity contribution >= 4 is 64.0 Å². The molecule has 0 unspecified atom stereocenters. The topological polar surface area (TPSA) is 105 Å². The Balaban J connectivity index is 1.50. The van der Waals surface area contributed by atoms with E-state index in [2.05, 4.69) is 10.6 Å². The fourth-order valence-corrected chi connectivity index (χ4v) is 3.95. The molecule has 2 N–H and O–H groups in total. The lowest BCUT2D eigenvalue weighted by Crippen LogP contribution is -2.32. The summed E-state index contributed by atoms with van der Waals surface area (Å²) in [6.45, 7) is 3.50. The van der Waals surface area contributed by atoms with Crippen LogP contribution in [0, 0.1) is 0 Å². The van der Waals surface area contributed by atoms with Gasteiger partial charge in [-0.25, -0.2) is 9.69 Å². The summed E-state index contributed by atoms with van der Waals surface area (Å²) in [6, 6.07) is 19.0. The Labute approximate surface area is 222 Å². The number of anilines is 3. The number of hydrogen-bond donors (Lipinski definition) is 2. The van der Waals surface area contributed by atoms with Crippen molar-refractivity contribution in [3.05, 3.63) is 99.7 Å². The van der Waals surface area contributed by atoms with Gasteiger partial charge < -0.3 is 15.4 Å². The monoisotopic (exact) mass is 537 g/mol. The van der Waals surface area contributed by atoms with Crippen molar-refractivity contribution in [3.63, 3.8) is 0 Å². The Morgan fingerprint density at radius 2 is 1.49 bits per heavy atom. The second kappa shape index (κ2) is 10.9. The molecule has 1 heterocycles. The van der Waals surface area contributed by atoms with Crippen LogP contribution >= 0.6 is 23.2 Å². The Morgan fingerprint density at radius 3 is 2.19 bits per heavy atom. The van der Waals surface area contributed by atoms with E-state index in [-0.39, 0.29) is 28.1 Å². The van der Waals surface area contributed by atoms with Crippen LogP contribution < -0.4 is 15.5 Å². The summed E-state index contributed by atoms with van der Waals surface area (Å²) in [5.74, 6) is -2.30. The lowest BCUT2D eigenvalue weighted by Gasteiger charge is -2.15. The Morgan fingerprint density at radius 1 is 0.838 bits per heavy atom. The number of halogens is 2. The number of amides is 3. The van der Waals surface area contributed by atoms with Crippen molar-refractivity contribution in [2.24, 2.45) is 0 Å². The molecule has 10 heteroatoms. The van der Waals surface area contributed by atoms with Gasteiger partial charge in [-0.2, -0.15) is 0 Å². The first-order chi connectivity index (χ1) is 17.6. The molecule has 0 spiro atoms. The van der Waals surface area contributed by atoms with Crippen molar-refractivity contribution in [2.75, 3.05) is 15.5 Å². The quantitative estimate of drug-likeness (QED) is 0.300. The van der Waals surface area contributed by atoms with Crippen LogP contribution in [-0.4, -0.2) is 29.8 Å². The number of nitrogens with one attached hydrogen (secondary N) is 2. The van der Waals surface area contributed by atoms with Crippen molar-refractivity contribution in [1.82, 2.24) is 0 Å². The normalized spacial score (nSPS) is 13.3. The molecule has 0 bridgehead atoms. The molecule has 1 aliphatic rings. The second-order valence-corrected chi connectivity index (χ2v) is 9.12. The van der Waals surface area contributed by atoms with Gasteiger partial charge in [0.05, 0.1) is 17.4 Å². The lowest BCUT2D eigenvalue weighted by atomic mass is 10.1. The van der Waals surface area contributed by atoms with E-state index < -0.39 is 23.7 Å². The fourth-order valence-electron chi connectivity index (χ4n) is 3.55. The molecule has 0 atom stereocenters. The molecule has 37 heavy (non-hydrogen) atoms. The van der Waals surface area contributed by atoms with Crippen LogP contribution in [0.4, 0.5) is 17.1 Å². The van der Waals surface area contributed by atoms with E-state index in [1.54, 1.807) is 68.4 Å². The SMILES string of the molecule is CC(C)OC(=O)c1cccc(NC(=O)c2cccc(NC3=C(Cl)C(=O)N(c4cccc(Cl)c4)C3=O)c2)c1. The number of hydrogen-bond acceptors (Lipinski definition) is 6. The highest BCUT2D eigenvalue weighted by molar-refractivity contribution is 6.53. The van der Waals surface area contributed by atoms with E-state index in [4.69, 9.17) is 27.9 Å². The number of nitrogens with zero attached hydrogens (tertiary/aromatic N) is 1. The second-order valence-electron chi connectivity index (χ2n) is 8.31. The molecular weight excluding hydrogens is 517 g/mol. The summed E-state index contributed by atoms with van der Waals surface area (Å²) in [6.07, 6.45) is -0.274. The van der Waals surface area contributed by atoms with Crippen LogP contribution in [0.1, 0.15) is 34.6 Å². The number of esters is 1. The molecule has 0 aliphatic carbocycles. The zero-order chi connectivity index (χ0) is 26.7. The minimum atomic E-state index is -0.693. The molecule has 1 aliphatic heterocycles. The highest BCUT2D eigenvalue weighted by atomic mass is 35.5. The van der Waals surface area contributed by atoms with Gasteiger partial charge in [-0.3, -0.25) is 14.4 Å². The lowest BCUT2D eigenvalue weighted by molar-refractivity contribution is -0.120. The number of carbonyl (C=O) groups excluding carboxylic acids is 4. The van der Waals surface area contributed by atoms with E-state index >= 15 is 0 Å². The summed E-state index contributed by atoms with van der Waals surface area (Å²) in [5.41, 5.74) is 1.49. The fraction of sp³-hybridized carbons (Fsp3) is 0.111. The van der Waals surface area contributed by atoms with Gasteiger partial charge in [-0.1, -0.05) is 41.4 Å². The first kappa shape index (κ1) is 25.9. The van der Waals surface area contributed by atoms with Gasteiger partial charge in [0, 0.05) is 22.0 Å². The minimum Gasteiger partial charge on any atom is -0.459 e. The minimum absolute atomic E-state index is 0.124. The number of carbonyl (C=O) groups is 4. The maximum atomic E-state index is 13.0. The van der Waals surface area contributed by atoms with E-state index in [0.717, 1.165) is 4.90 Å². The standard InChI is InChI=1S/C27H21Cl2N3O5/c1-15(2)37-27(36)17-7-4-10-20(13-17)31-24(33)16-6-3-9-19(12-16)30-23-22(29)25(34)32(26(23)35)21-11-5-8-18(28)14-21/h3-15,30H,1-2H3,(H,31,33). The van der Waals surface area contributed by atoms with Gasteiger partial charge in [0.1, 0.15) is 10.7 Å². The number of imide groups is 1. The summed E-state index contributed by atoms with van der Waals surface area (Å²) < 4.78 is 5.19. The van der Waals surface area contributed by atoms with E-state index in [0.29, 0.717) is 22.0 Å². The van der Waals surface area contributed by atoms with Gasteiger partial charge in [-0.15, -0.1) is 0 Å². The first-order valence-electron chi connectivity index (χ1n) is 11.2. The average Bonchev–Trinajstić information content (AvgIpc) is 3.07. The average molecular weight is 538 g/mol. The molecular formula is C27H21Cl2N3O5. The van der Waals surface area contributed by atoms with Crippen molar-refractivity contribution in [1.29, 1.82) is 0 Å². The molecule has 0 aromatic heterocycles. The van der Waals surface area contributed by atoms with Crippen molar-refractivity contribution in [3.8, 4) is 0 Å². The molecule has 0 saturated carbocycles. The Kier molecular flexibility index (Phi) is 7.61. The van der Waals surface area contributed by atoms with Gasteiger partial charge >= 0.3 is 5.97 Å². The zero-order valence-corrected chi connectivity index (χ0v) is 21.3.